The first-order valence-electron chi connectivity index (χ1n) is 14.5. The number of benzene rings is 1. The Bertz CT molecular complexity index is 575. The molecule has 182 valence electrons. The Hall–Kier alpha value is -0.980. The Kier molecular flexibility index (Phi) is 12.0. The minimum atomic E-state index is 0.886. The van der Waals surface area contributed by atoms with E-state index in [1.807, 2.05) is 0 Å². The van der Waals surface area contributed by atoms with Crippen LogP contribution in [0.3, 0.4) is 0 Å². The molecule has 1 heteroatoms. The van der Waals surface area contributed by atoms with Gasteiger partial charge >= 0.3 is 0 Å². The number of unbranched alkanes of at least 4 members (excludes halogenated alkanes) is 2. The van der Waals surface area contributed by atoms with E-state index < -0.39 is 0 Å². The monoisotopic (exact) mass is 440 g/mol. The molecule has 3 rings (SSSR count). The fraction of sp³-hybridized carbons (Fsp3) is 0.806. The average Bonchev–Trinajstić information content (AvgIpc) is 2.83. The molecule has 2 aliphatic carbocycles. The topological polar surface area (TPSA) is 9.23 Å². The molecule has 0 amide bonds. The van der Waals surface area contributed by atoms with E-state index in [1.165, 1.54) is 121 Å². The van der Waals surface area contributed by atoms with Crippen LogP contribution in [0.15, 0.2) is 24.3 Å². The Morgan fingerprint density at radius 3 is 1.69 bits per heavy atom. The molecule has 0 radical (unpaired) electrons. The third-order valence-electron chi connectivity index (χ3n) is 8.64. The van der Waals surface area contributed by atoms with Gasteiger partial charge < -0.3 is 4.74 Å². The van der Waals surface area contributed by atoms with Crippen LogP contribution in [0, 0.1) is 23.7 Å². The molecule has 0 aliphatic heterocycles. The van der Waals surface area contributed by atoms with Gasteiger partial charge in [0.15, 0.2) is 0 Å². The zero-order valence-electron chi connectivity index (χ0n) is 21.5. The number of ether oxygens (including phenoxy) is 1. The van der Waals surface area contributed by atoms with E-state index in [1.54, 1.807) is 0 Å². The molecule has 0 unspecified atom stereocenters. The summed E-state index contributed by atoms with van der Waals surface area (Å²) >= 11 is 0. The molecule has 2 fully saturated rings. The first-order chi connectivity index (χ1) is 15.8. The van der Waals surface area contributed by atoms with Crippen molar-refractivity contribution in [1.82, 2.24) is 0 Å². The predicted octanol–water partition coefficient (Wildman–Crippen LogP) is 9.77. The summed E-state index contributed by atoms with van der Waals surface area (Å²) < 4.78 is 6.07. The Balaban J connectivity index is 1.23. The van der Waals surface area contributed by atoms with Crippen molar-refractivity contribution < 1.29 is 4.74 Å². The highest BCUT2D eigenvalue weighted by Gasteiger charge is 2.21. The van der Waals surface area contributed by atoms with Crippen LogP contribution >= 0.6 is 0 Å². The van der Waals surface area contributed by atoms with Crippen molar-refractivity contribution in [2.24, 2.45) is 23.7 Å². The van der Waals surface area contributed by atoms with Crippen molar-refractivity contribution in [1.29, 1.82) is 0 Å². The van der Waals surface area contributed by atoms with Crippen LogP contribution in [-0.4, -0.2) is 6.61 Å². The molecule has 2 aliphatic rings. The van der Waals surface area contributed by atoms with E-state index >= 15 is 0 Å². The molecule has 0 atom stereocenters. The first kappa shape index (κ1) is 25.6. The van der Waals surface area contributed by atoms with Crippen molar-refractivity contribution in [3.8, 4) is 5.75 Å². The highest BCUT2D eigenvalue weighted by molar-refractivity contribution is 5.27. The summed E-state index contributed by atoms with van der Waals surface area (Å²) in [4.78, 5) is 0. The first-order valence-corrected chi connectivity index (χ1v) is 14.5. The molecular formula is C31H52O. The van der Waals surface area contributed by atoms with Gasteiger partial charge in [0.2, 0.25) is 0 Å². The number of aryl methyl sites for hydroxylation is 1. The second-order valence-electron chi connectivity index (χ2n) is 11.2. The van der Waals surface area contributed by atoms with E-state index in [-0.39, 0.29) is 0 Å². The summed E-state index contributed by atoms with van der Waals surface area (Å²) in [7, 11) is 0. The smallest absolute Gasteiger partial charge is 0.119 e. The van der Waals surface area contributed by atoms with Gasteiger partial charge in [0.1, 0.15) is 5.75 Å². The van der Waals surface area contributed by atoms with Crippen molar-refractivity contribution in [2.45, 2.75) is 129 Å². The molecule has 0 saturated heterocycles. The lowest BCUT2D eigenvalue weighted by molar-refractivity contribution is 0.228. The molecule has 0 aromatic heterocycles. The van der Waals surface area contributed by atoms with Crippen LogP contribution in [-0.2, 0) is 6.42 Å². The van der Waals surface area contributed by atoms with Gasteiger partial charge in [0.25, 0.3) is 0 Å². The lowest BCUT2D eigenvalue weighted by Gasteiger charge is -2.28. The summed E-state index contributed by atoms with van der Waals surface area (Å²) in [5.41, 5.74) is 1.49. The van der Waals surface area contributed by atoms with Gasteiger partial charge in [0, 0.05) is 0 Å². The van der Waals surface area contributed by atoms with Crippen LogP contribution in [0.2, 0.25) is 0 Å². The van der Waals surface area contributed by atoms with E-state index in [4.69, 9.17) is 4.74 Å². The van der Waals surface area contributed by atoms with Crippen molar-refractivity contribution in [2.75, 3.05) is 6.61 Å². The second-order valence-corrected chi connectivity index (χ2v) is 11.2. The number of hydrogen-bond donors (Lipinski definition) is 0. The summed E-state index contributed by atoms with van der Waals surface area (Å²) in [5, 5.41) is 0. The third-order valence-corrected chi connectivity index (χ3v) is 8.64. The van der Waals surface area contributed by atoms with Crippen LogP contribution in [0.25, 0.3) is 0 Å². The maximum atomic E-state index is 6.07. The Morgan fingerprint density at radius 2 is 1.12 bits per heavy atom. The summed E-state index contributed by atoms with van der Waals surface area (Å²) in [6.07, 6.45) is 25.5. The molecule has 1 aromatic rings. The van der Waals surface area contributed by atoms with E-state index in [2.05, 4.69) is 38.1 Å². The molecule has 1 nitrogen and oxygen atoms in total. The highest BCUT2D eigenvalue weighted by atomic mass is 16.5. The van der Waals surface area contributed by atoms with Gasteiger partial charge in [-0.15, -0.1) is 0 Å². The highest BCUT2D eigenvalue weighted by Crippen LogP contribution is 2.35. The van der Waals surface area contributed by atoms with Gasteiger partial charge in [-0.3, -0.25) is 0 Å². The van der Waals surface area contributed by atoms with Gasteiger partial charge in [-0.1, -0.05) is 116 Å². The lowest BCUT2D eigenvalue weighted by Crippen LogP contribution is -2.15. The minimum Gasteiger partial charge on any atom is -0.494 e. The maximum Gasteiger partial charge on any atom is 0.119 e. The van der Waals surface area contributed by atoms with Crippen molar-refractivity contribution in [3.63, 3.8) is 0 Å². The minimum absolute atomic E-state index is 0.886. The summed E-state index contributed by atoms with van der Waals surface area (Å²) in [5.74, 6) is 5.04. The van der Waals surface area contributed by atoms with E-state index in [0.29, 0.717) is 0 Å². The molecule has 0 heterocycles. The Labute approximate surface area is 200 Å². The SMILES string of the molecule is CCCCC[C@H]1CC[C@H](CCCOc2ccc(CC[C@H]3CC[C@H](CCC)CC3)cc2)CC1. The Morgan fingerprint density at radius 1 is 0.594 bits per heavy atom. The van der Waals surface area contributed by atoms with Crippen LogP contribution in [0.1, 0.15) is 129 Å². The molecule has 0 N–H and O–H groups in total. The third kappa shape index (κ3) is 9.48. The van der Waals surface area contributed by atoms with Crippen LogP contribution in [0.4, 0.5) is 0 Å². The standard InChI is InChI=1S/C31H52O/c1-3-5-6-9-27-13-15-28(16-14-27)10-7-25-32-31-23-21-30(22-24-31)20-19-29-17-11-26(8-4-2)12-18-29/h21-24,26-29H,3-20,25H2,1-2H3/t26-,27-,28-,29-. The summed E-state index contributed by atoms with van der Waals surface area (Å²) in [6.45, 7) is 5.53. The normalized spacial score (nSPS) is 26.2. The molecule has 1 aromatic carbocycles. The summed E-state index contributed by atoms with van der Waals surface area (Å²) in [6, 6.07) is 9.01. The molecule has 0 spiro atoms. The second kappa shape index (κ2) is 15.0. The fourth-order valence-electron chi connectivity index (χ4n) is 6.39. The van der Waals surface area contributed by atoms with E-state index in [0.717, 1.165) is 36.0 Å². The maximum absolute atomic E-state index is 6.07. The van der Waals surface area contributed by atoms with Gasteiger partial charge in [0.05, 0.1) is 6.61 Å². The molecule has 2 saturated carbocycles. The fourth-order valence-corrected chi connectivity index (χ4v) is 6.39. The number of hydrogen-bond acceptors (Lipinski definition) is 1. The van der Waals surface area contributed by atoms with Crippen molar-refractivity contribution in [3.05, 3.63) is 29.8 Å². The van der Waals surface area contributed by atoms with Gasteiger partial charge in [-0.05, 0) is 67.1 Å². The van der Waals surface area contributed by atoms with Gasteiger partial charge in [-0.2, -0.15) is 0 Å². The lowest BCUT2D eigenvalue weighted by atomic mass is 9.78. The predicted molar refractivity (Wildman–Crippen MR) is 139 cm³/mol. The molecular weight excluding hydrogens is 388 g/mol. The quantitative estimate of drug-likeness (QED) is 0.261. The molecule has 0 bridgehead atoms. The van der Waals surface area contributed by atoms with Crippen LogP contribution in [0.5, 0.6) is 5.75 Å². The average molecular weight is 441 g/mol. The largest absolute Gasteiger partial charge is 0.494 e. The zero-order chi connectivity index (χ0) is 22.4. The molecule has 32 heavy (non-hydrogen) atoms. The van der Waals surface area contributed by atoms with Gasteiger partial charge in [-0.25, -0.2) is 0 Å². The zero-order valence-corrected chi connectivity index (χ0v) is 21.5. The van der Waals surface area contributed by atoms with Crippen LogP contribution < -0.4 is 4.74 Å². The number of rotatable bonds is 14. The van der Waals surface area contributed by atoms with E-state index in [9.17, 15) is 0 Å². The van der Waals surface area contributed by atoms with Crippen molar-refractivity contribution >= 4 is 0 Å².